The van der Waals surface area contributed by atoms with E-state index in [0.29, 0.717) is 24.2 Å². The lowest BCUT2D eigenvalue weighted by molar-refractivity contribution is 0.0938. The standard InChI is InChI=1S/C46H86N4O2/c1-5-7-9-11-13-15-17-19-21-23-25-27-29-31-39-49(3)41-37-47-45(51)43-33-35-44(36-34-43)46(52)48-38-42-50(4)40-32-30-28-26-24-22-20-18-16-14-12-10-8-6-2/h33-36H,5-32,37-42H2,1-4H3,(H,47,51)(H,48,52). The SMILES string of the molecule is CCCCCCCCCCCCCCCCN(C)CCNC(=O)c1ccc(C(=O)NCCN(C)CCCCCCCCCCCCCCCC)cc1. The Morgan fingerprint density at radius 3 is 0.865 bits per heavy atom. The summed E-state index contributed by atoms with van der Waals surface area (Å²) in [4.78, 5) is 29.9. The van der Waals surface area contributed by atoms with Gasteiger partial charge in [-0.15, -0.1) is 0 Å². The third kappa shape index (κ3) is 29.5. The molecule has 302 valence electrons. The molecule has 6 heteroatoms. The molecule has 0 aliphatic carbocycles. The summed E-state index contributed by atoms with van der Waals surface area (Å²) < 4.78 is 0. The molecule has 2 amide bonds. The summed E-state index contributed by atoms with van der Waals surface area (Å²) in [5.41, 5.74) is 1.19. The number of rotatable bonds is 38. The summed E-state index contributed by atoms with van der Waals surface area (Å²) in [5, 5.41) is 6.07. The zero-order valence-electron chi connectivity index (χ0n) is 35.1. The van der Waals surface area contributed by atoms with Gasteiger partial charge in [0.15, 0.2) is 0 Å². The molecular formula is C46H86N4O2. The van der Waals surface area contributed by atoms with Gasteiger partial charge in [0, 0.05) is 37.3 Å². The molecule has 0 saturated heterocycles. The highest BCUT2D eigenvalue weighted by Crippen LogP contribution is 2.14. The second-order valence-corrected chi connectivity index (χ2v) is 15.9. The Morgan fingerprint density at radius 1 is 0.385 bits per heavy atom. The van der Waals surface area contributed by atoms with Gasteiger partial charge in [-0.3, -0.25) is 9.59 Å². The lowest BCUT2D eigenvalue weighted by atomic mass is 10.0. The van der Waals surface area contributed by atoms with Crippen LogP contribution in [-0.4, -0.2) is 75.0 Å². The number of carbonyl (C=O) groups excluding carboxylic acids is 2. The second kappa shape index (κ2) is 36.1. The number of hydrogen-bond acceptors (Lipinski definition) is 4. The molecule has 6 nitrogen and oxygen atoms in total. The molecule has 0 saturated carbocycles. The number of nitrogens with one attached hydrogen (secondary N) is 2. The molecule has 0 aliphatic heterocycles. The molecule has 0 fully saturated rings. The van der Waals surface area contributed by atoms with Gasteiger partial charge in [-0.05, 0) is 64.3 Å². The Labute approximate surface area is 323 Å². The first-order valence-corrected chi connectivity index (χ1v) is 22.5. The highest BCUT2D eigenvalue weighted by Gasteiger charge is 2.10. The summed E-state index contributed by atoms with van der Waals surface area (Å²) in [6, 6.07) is 7.02. The third-order valence-corrected chi connectivity index (χ3v) is 10.8. The lowest BCUT2D eigenvalue weighted by Gasteiger charge is -2.17. The molecule has 0 bridgehead atoms. The molecule has 0 unspecified atom stereocenters. The number of likely N-dealkylation sites (N-methyl/N-ethyl adjacent to an activating group) is 2. The van der Waals surface area contributed by atoms with Crippen molar-refractivity contribution in [1.82, 2.24) is 20.4 Å². The first-order chi connectivity index (χ1) is 25.5. The maximum atomic E-state index is 12.7. The van der Waals surface area contributed by atoms with Gasteiger partial charge in [-0.25, -0.2) is 0 Å². The van der Waals surface area contributed by atoms with Gasteiger partial charge in [-0.1, -0.05) is 181 Å². The molecule has 0 radical (unpaired) electrons. The zero-order valence-corrected chi connectivity index (χ0v) is 35.1. The van der Waals surface area contributed by atoms with E-state index in [9.17, 15) is 9.59 Å². The maximum Gasteiger partial charge on any atom is 0.251 e. The molecule has 1 aromatic rings. The Balaban J connectivity index is 1.99. The van der Waals surface area contributed by atoms with E-state index in [1.165, 1.54) is 180 Å². The Hall–Kier alpha value is -1.92. The maximum absolute atomic E-state index is 12.7. The van der Waals surface area contributed by atoms with Crippen molar-refractivity contribution in [3.63, 3.8) is 0 Å². The fourth-order valence-electron chi connectivity index (χ4n) is 7.07. The van der Waals surface area contributed by atoms with E-state index in [1.807, 2.05) is 0 Å². The first kappa shape index (κ1) is 48.1. The first-order valence-electron chi connectivity index (χ1n) is 22.5. The van der Waals surface area contributed by atoms with Crippen LogP contribution in [0.4, 0.5) is 0 Å². The van der Waals surface area contributed by atoms with Crippen molar-refractivity contribution in [3.8, 4) is 0 Å². The van der Waals surface area contributed by atoms with Crippen LogP contribution < -0.4 is 10.6 Å². The van der Waals surface area contributed by atoms with Crippen LogP contribution in [0, 0.1) is 0 Å². The average molecular weight is 727 g/mol. The van der Waals surface area contributed by atoms with E-state index in [1.54, 1.807) is 24.3 Å². The topological polar surface area (TPSA) is 64.7 Å². The summed E-state index contributed by atoms with van der Waals surface area (Å²) in [6.07, 6.45) is 38.7. The van der Waals surface area contributed by atoms with E-state index in [-0.39, 0.29) is 11.8 Å². The van der Waals surface area contributed by atoms with E-state index < -0.39 is 0 Å². The monoisotopic (exact) mass is 727 g/mol. The van der Waals surface area contributed by atoms with E-state index >= 15 is 0 Å². The molecule has 52 heavy (non-hydrogen) atoms. The molecule has 0 spiro atoms. The minimum atomic E-state index is -0.0815. The second-order valence-electron chi connectivity index (χ2n) is 15.9. The normalized spacial score (nSPS) is 11.5. The van der Waals surface area contributed by atoms with Crippen LogP contribution in [0.15, 0.2) is 24.3 Å². The number of amides is 2. The number of unbranched alkanes of at least 4 members (excludes halogenated alkanes) is 26. The largest absolute Gasteiger partial charge is 0.351 e. The number of hydrogen-bond donors (Lipinski definition) is 2. The van der Waals surface area contributed by atoms with Crippen LogP contribution >= 0.6 is 0 Å². The van der Waals surface area contributed by atoms with Gasteiger partial charge in [0.25, 0.3) is 11.8 Å². The van der Waals surface area contributed by atoms with Crippen molar-refractivity contribution < 1.29 is 9.59 Å². The molecular weight excluding hydrogens is 641 g/mol. The van der Waals surface area contributed by atoms with Crippen LogP contribution in [0.5, 0.6) is 0 Å². The summed E-state index contributed by atoms with van der Waals surface area (Å²) in [7, 11) is 4.28. The minimum absolute atomic E-state index is 0.0815. The minimum Gasteiger partial charge on any atom is -0.351 e. The van der Waals surface area contributed by atoms with Gasteiger partial charge in [0.2, 0.25) is 0 Å². The summed E-state index contributed by atoms with van der Waals surface area (Å²) in [5.74, 6) is -0.163. The predicted octanol–water partition coefficient (Wildman–Crippen LogP) is 12.0. The van der Waals surface area contributed by atoms with Gasteiger partial charge in [-0.2, -0.15) is 0 Å². The fourth-order valence-corrected chi connectivity index (χ4v) is 7.07. The summed E-state index contributed by atoms with van der Waals surface area (Å²) in [6.45, 7) is 9.67. The molecule has 1 rings (SSSR count). The zero-order chi connectivity index (χ0) is 37.7. The van der Waals surface area contributed by atoms with Crippen LogP contribution in [0.25, 0.3) is 0 Å². The van der Waals surface area contributed by atoms with Crippen LogP contribution in [-0.2, 0) is 0 Å². The van der Waals surface area contributed by atoms with Crippen molar-refractivity contribution in [2.24, 2.45) is 0 Å². The molecule has 0 aliphatic rings. The van der Waals surface area contributed by atoms with Crippen LogP contribution in [0.3, 0.4) is 0 Å². The van der Waals surface area contributed by atoms with Crippen molar-refractivity contribution in [2.45, 2.75) is 194 Å². The number of nitrogens with zero attached hydrogens (tertiary/aromatic N) is 2. The summed E-state index contributed by atoms with van der Waals surface area (Å²) >= 11 is 0. The van der Waals surface area contributed by atoms with Crippen molar-refractivity contribution in [1.29, 1.82) is 0 Å². The average Bonchev–Trinajstić information content (AvgIpc) is 3.15. The smallest absolute Gasteiger partial charge is 0.251 e. The highest BCUT2D eigenvalue weighted by atomic mass is 16.2. The highest BCUT2D eigenvalue weighted by molar-refractivity contribution is 5.97. The molecule has 0 atom stereocenters. The van der Waals surface area contributed by atoms with Crippen molar-refractivity contribution in [3.05, 3.63) is 35.4 Å². The van der Waals surface area contributed by atoms with Crippen LogP contribution in [0.2, 0.25) is 0 Å². The van der Waals surface area contributed by atoms with Crippen LogP contribution in [0.1, 0.15) is 214 Å². The molecule has 0 heterocycles. The van der Waals surface area contributed by atoms with Gasteiger partial charge in [0.05, 0.1) is 0 Å². The predicted molar refractivity (Wildman–Crippen MR) is 227 cm³/mol. The van der Waals surface area contributed by atoms with Crippen molar-refractivity contribution in [2.75, 3.05) is 53.4 Å². The van der Waals surface area contributed by atoms with Gasteiger partial charge in [0.1, 0.15) is 0 Å². The Morgan fingerprint density at radius 2 is 0.615 bits per heavy atom. The Bertz CT molecular complexity index is 862. The molecule has 1 aromatic carbocycles. The number of benzene rings is 1. The van der Waals surface area contributed by atoms with Gasteiger partial charge < -0.3 is 20.4 Å². The molecule has 0 aromatic heterocycles. The Kier molecular flexibility index (Phi) is 33.4. The number of carbonyl (C=O) groups is 2. The van der Waals surface area contributed by atoms with Crippen molar-refractivity contribution >= 4 is 11.8 Å². The fraction of sp³-hybridized carbons (Fsp3) is 0.826. The van der Waals surface area contributed by atoms with E-state index in [2.05, 4.69) is 48.4 Å². The van der Waals surface area contributed by atoms with Gasteiger partial charge >= 0.3 is 0 Å². The van der Waals surface area contributed by atoms with E-state index in [4.69, 9.17) is 0 Å². The lowest BCUT2D eigenvalue weighted by Crippen LogP contribution is -2.34. The quantitative estimate of drug-likeness (QED) is 0.0666. The molecule has 2 N–H and O–H groups in total. The third-order valence-electron chi connectivity index (χ3n) is 10.8. The van der Waals surface area contributed by atoms with E-state index in [0.717, 1.165) is 26.2 Å².